The van der Waals surface area contributed by atoms with Gasteiger partial charge in [0.2, 0.25) is 0 Å². The third kappa shape index (κ3) is 14.1. The second-order valence-corrected chi connectivity index (χ2v) is 6.67. The molecular weight excluding hydrogens is 309 g/mol. The van der Waals surface area contributed by atoms with Crippen LogP contribution >= 0.6 is 23.2 Å². The summed E-state index contributed by atoms with van der Waals surface area (Å²) in [5.74, 6) is -0.529. The van der Waals surface area contributed by atoms with Crippen molar-refractivity contribution in [2.24, 2.45) is 0 Å². The van der Waals surface area contributed by atoms with Crippen LogP contribution in [0.1, 0.15) is 6.42 Å². The first-order chi connectivity index (χ1) is 9.06. The van der Waals surface area contributed by atoms with E-state index in [9.17, 15) is 9.90 Å². The van der Waals surface area contributed by atoms with Crippen LogP contribution in [-0.2, 0) is 14.0 Å². The monoisotopic (exact) mass is 329 g/mol. The molecular formula is C11H21Cl2NO4Si. The van der Waals surface area contributed by atoms with Gasteiger partial charge in [-0.05, 0) is 19.0 Å². The number of aliphatic hydroxyl groups is 1. The van der Waals surface area contributed by atoms with Gasteiger partial charge in [0.05, 0.1) is 6.61 Å². The number of carbonyl (C=O) groups is 1. The Labute approximate surface area is 126 Å². The average molecular weight is 330 g/mol. The minimum atomic E-state index is -0.703. The maximum absolute atomic E-state index is 10.7. The number of hydrogen-bond acceptors (Lipinski definition) is 5. The van der Waals surface area contributed by atoms with Crippen molar-refractivity contribution >= 4 is 38.9 Å². The average Bonchev–Trinajstić information content (AvgIpc) is 2.38. The van der Waals surface area contributed by atoms with Crippen LogP contribution in [0.4, 0.5) is 0 Å². The Morgan fingerprint density at radius 1 is 1.47 bits per heavy atom. The first-order valence-corrected chi connectivity index (χ1v) is 8.55. The molecule has 1 unspecified atom stereocenters. The van der Waals surface area contributed by atoms with E-state index in [1.54, 1.807) is 0 Å². The van der Waals surface area contributed by atoms with Crippen molar-refractivity contribution < 1.29 is 19.1 Å². The number of carbonyl (C=O) groups excluding carboxylic acids is 1. The second kappa shape index (κ2) is 12.9. The van der Waals surface area contributed by atoms with Crippen LogP contribution in [0.25, 0.3) is 0 Å². The van der Waals surface area contributed by atoms with Gasteiger partial charge in [-0.25, -0.2) is 4.79 Å². The highest BCUT2D eigenvalue weighted by molar-refractivity contribution is 6.44. The summed E-state index contributed by atoms with van der Waals surface area (Å²) in [6, 6.07) is 1.02. The molecule has 0 aromatic heterocycles. The molecule has 0 saturated carbocycles. The number of alkyl halides is 2. The van der Waals surface area contributed by atoms with Gasteiger partial charge in [0.25, 0.3) is 0 Å². The SMILES string of the molecule is C=CC(=O)OCC(O)CNCCC[SiH2]OCC(Cl)Cl. The lowest BCUT2D eigenvalue weighted by molar-refractivity contribution is -0.140. The third-order valence-electron chi connectivity index (χ3n) is 2.10. The highest BCUT2D eigenvalue weighted by Crippen LogP contribution is 2.01. The minimum Gasteiger partial charge on any atom is -0.460 e. The lowest BCUT2D eigenvalue weighted by Crippen LogP contribution is -2.31. The molecule has 0 radical (unpaired) electrons. The first-order valence-electron chi connectivity index (χ1n) is 6.10. The van der Waals surface area contributed by atoms with Gasteiger partial charge >= 0.3 is 5.97 Å². The number of ether oxygens (including phenoxy) is 1. The van der Waals surface area contributed by atoms with Gasteiger partial charge < -0.3 is 19.6 Å². The molecule has 0 aromatic rings. The fourth-order valence-corrected chi connectivity index (χ4v) is 2.73. The molecule has 0 aliphatic carbocycles. The standard InChI is InChI=1S/C11H21Cl2NO4Si/c1-2-11(16)17-7-9(15)6-14-4-3-5-19-18-8-10(12)13/h2,9-10,14-15H,1,3-8,19H2. The highest BCUT2D eigenvalue weighted by Gasteiger charge is 2.05. The maximum atomic E-state index is 10.7. The van der Waals surface area contributed by atoms with E-state index in [1.165, 1.54) is 0 Å². The van der Waals surface area contributed by atoms with Crippen molar-refractivity contribution in [3.63, 3.8) is 0 Å². The van der Waals surface area contributed by atoms with Crippen LogP contribution in [0.2, 0.25) is 6.04 Å². The first kappa shape index (κ1) is 18.9. The van der Waals surface area contributed by atoms with E-state index >= 15 is 0 Å². The Morgan fingerprint density at radius 2 is 2.21 bits per heavy atom. The third-order valence-corrected chi connectivity index (χ3v) is 3.67. The molecule has 0 amide bonds. The summed E-state index contributed by atoms with van der Waals surface area (Å²) in [6.45, 7) is 4.81. The molecule has 112 valence electrons. The van der Waals surface area contributed by atoms with Gasteiger partial charge in [-0.2, -0.15) is 0 Å². The summed E-state index contributed by atoms with van der Waals surface area (Å²) in [5.41, 5.74) is 0. The molecule has 1 atom stereocenters. The zero-order valence-corrected chi connectivity index (χ0v) is 13.7. The van der Waals surface area contributed by atoms with Crippen LogP contribution in [0.15, 0.2) is 12.7 Å². The van der Waals surface area contributed by atoms with Crippen LogP contribution in [0.3, 0.4) is 0 Å². The van der Waals surface area contributed by atoms with Crippen LogP contribution in [0.5, 0.6) is 0 Å². The van der Waals surface area contributed by atoms with Gasteiger partial charge in [-0.3, -0.25) is 0 Å². The number of hydrogen-bond donors (Lipinski definition) is 2. The summed E-state index contributed by atoms with van der Waals surface area (Å²) in [5, 5.41) is 12.6. The zero-order valence-electron chi connectivity index (χ0n) is 10.8. The molecule has 0 bridgehead atoms. The van der Waals surface area contributed by atoms with Crippen molar-refractivity contribution in [3.05, 3.63) is 12.7 Å². The fraction of sp³-hybridized carbons (Fsp3) is 0.727. The molecule has 0 spiro atoms. The van der Waals surface area contributed by atoms with Crippen LogP contribution in [0, 0.1) is 0 Å². The summed E-state index contributed by atoms with van der Waals surface area (Å²) >= 11 is 11.0. The largest absolute Gasteiger partial charge is 0.460 e. The van der Waals surface area contributed by atoms with Gasteiger partial charge in [-0.1, -0.05) is 6.58 Å². The van der Waals surface area contributed by atoms with E-state index in [0.717, 1.165) is 25.1 Å². The number of nitrogens with one attached hydrogen (secondary N) is 1. The molecule has 19 heavy (non-hydrogen) atoms. The predicted molar refractivity (Wildman–Crippen MR) is 79.4 cm³/mol. The Kier molecular flexibility index (Phi) is 12.8. The smallest absolute Gasteiger partial charge is 0.330 e. The second-order valence-electron chi connectivity index (χ2n) is 3.87. The summed E-state index contributed by atoms with van der Waals surface area (Å²) in [6.07, 6.45) is 1.34. The summed E-state index contributed by atoms with van der Waals surface area (Å²) in [7, 11) is -0.554. The molecule has 0 aliphatic heterocycles. The van der Waals surface area contributed by atoms with Gasteiger partial charge in [-0.15, -0.1) is 23.2 Å². The van der Waals surface area contributed by atoms with Crippen LogP contribution in [-0.4, -0.2) is 58.1 Å². The Morgan fingerprint density at radius 3 is 2.84 bits per heavy atom. The predicted octanol–water partition coefficient (Wildman–Crippen LogP) is 0.379. The van der Waals surface area contributed by atoms with E-state index in [4.69, 9.17) is 32.4 Å². The molecule has 0 rings (SSSR count). The number of esters is 1. The molecule has 2 N–H and O–H groups in total. The maximum Gasteiger partial charge on any atom is 0.330 e. The quantitative estimate of drug-likeness (QED) is 0.178. The van der Waals surface area contributed by atoms with E-state index < -0.39 is 26.7 Å². The van der Waals surface area contributed by atoms with Crippen molar-refractivity contribution in [2.45, 2.75) is 23.4 Å². The highest BCUT2D eigenvalue weighted by atomic mass is 35.5. The molecule has 0 saturated heterocycles. The van der Waals surface area contributed by atoms with E-state index in [0.29, 0.717) is 13.2 Å². The van der Waals surface area contributed by atoms with Gasteiger partial charge in [0.1, 0.15) is 17.5 Å². The zero-order chi connectivity index (χ0) is 14.5. The van der Waals surface area contributed by atoms with Crippen molar-refractivity contribution in [1.82, 2.24) is 5.32 Å². The molecule has 0 heterocycles. The number of aliphatic hydroxyl groups excluding tert-OH is 1. The van der Waals surface area contributed by atoms with E-state index in [-0.39, 0.29) is 6.61 Å². The Bertz CT molecular complexity index is 257. The van der Waals surface area contributed by atoms with Gasteiger partial charge in [0.15, 0.2) is 9.76 Å². The summed E-state index contributed by atoms with van der Waals surface area (Å²) < 4.78 is 10.0. The van der Waals surface area contributed by atoms with Gasteiger partial charge in [0, 0.05) is 12.6 Å². The Balaban J connectivity index is 3.25. The van der Waals surface area contributed by atoms with Crippen molar-refractivity contribution in [3.8, 4) is 0 Å². The fourth-order valence-electron chi connectivity index (χ4n) is 1.19. The van der Waals surface area contributed by atoms with Crippen molar-refractivity contribution in [2.75, 3.05) is 26.3 Å². The summed E-state index contributed by atoms with van der Waals surface area (Å²) in [4.78, 5) is 10.3. The van der Waals surface area contributed by atoms with E-state index in [2.05, 4.69) is 11.9 Å². The number of rotatable bonds is 12. The number of halogens is 2. The lowest BCUT2D eigenvalue weighted by Gasteiger charge is -2.11. The van der Waals surface area contributed by atoms with Crippen molar-refractivity contribution in [1.29, 1.82) is 0 Å². The molecule has 8 heteroatoms. The van der Waals surface area contributed by atoms with Crippen LogP contribution < -0.4 is 5.32 Å². The minimum absolute atomic E-state index is 0.0253. The normalized spacial score (nSPS) is 13.1. The molecule has 5 nitrogen and oxygen atoms in total. The Hall–Kier alpha value is -0.113. The lowest BCUT2D eigenvalue weighted by atomic mass is 10.3. The topological polar surface area (TPSA) is 67.8 Å². The molecule has 0 aliphatic rings. The molecule has 0 aromatic carbocycles. The molecule has 0 fully saturated rings. The van der Waals surface area contributed by atoms with E-state index in [1.807, 2.05) is 0 Å².